The van der Waals surface area contributed by atoms with Crippen LogP contribution in [0, 0.1) is 13.8 Å². The minimum atomic E-state index is -0.861. The molecule has 0 fully saturated rings. The van der Waals surface area contributed by atoms with E-state index in [0.29, 0.717) is 11.6 Å². The lowest BCUT2D eigenvalue weighted by Crippen LogP contribution is -2.30. The van der Waals surface area contributed by atoms with Gasteiger partial charge in [-0.2, -0.15) is 0 Å². The van der Waals surface area contributed by atoms with Crippen LogP contribution in [0.3, 0.4) is 0 Å². The number of carboxylic acid groups (broad SMARTS) is 1. The summed E-state index contributed by atoms with van der Waals surface area (Å²) >= 11 is 1.21. The Kier molecular flexibility index (Phi) is 3.91. The largest absolute Gasteiger partial charge is 0.480 e. The molecule has 1 atom stereocenters. The molecular weight excluding hydrogens is 224 g/mol. The summed E-state index contributed by atoms with van der Waals surface area (Å²) in [6, 6.07) is 1.87. The Morgan fingerprint density at radius 1 is 1.44 bits per heavy atom. The van der Waals surface area contributed by atoms with Crippen molar-refractivity contribution < 1.29 is 9.90 Å². The van der Waals surface area contributed by atoms with E-state index in [1.165, 1.54) is 11.8 Å². The van der Waals surface area contributed by atoms with Gasteiger partial charge in [0, 0.05) is 11.4 Å². The van der Waals surface area contributed by atoms with Crippen LogP contribution in [0.15, 0.2) is 11.2 Å². The summed E-state index contributed by atoms with van der Waals surface area (Å²) in [7, 11) is 0. The van der Waals surface area contributed by atoms with E-state index in [4.69, 9.17) is 5.11 Å². The van der Waals surface area contributed by atoms with Crippen molar-refractivity contribution >= 4 is 17.7 Å². The van der Waals surface area contributed by atoms with Crippen LogP contribution in [-0.4, -0.2) is 25.8 Å². The topological polar surface area (TPSA) is 63.1 Å². The van der Waals surface area contributed by atoms with Gasteiger partial charge in [0.15, 0.2) is 5.16 Å². The van der Waals surface area contributed by atoms with Gasteiger partial charge in [-0.15, -0.1) is 0 Å². The van der Waals surface area contributed by atoms with Crippen molar-refractivity contribution in [3.63, 3.8) is 0 Å². The first-order valence-corrected chi connectivity index (χ1v) is 5.93. The van der Waals surface area contributed by atoms with Crippen molar-refractivity contribution in [2.75, 3.05) is 0 Å². The van der Waals surface area contributed by atoms with Gasteiger partial charge in [-0.3, -0.25) is 4.79 Å². The normalized spacial score (nSPS) is 14.5. The highest BCUT2D eigenvalue weighted by atomic mass is 32.2. The number of rotatable bonds is 4. The van der Waals surface area contributed by atoms with Gasteiger partial charge >= 0.3 is 5.97 Å². The van der Waals surface area contributed by atoms with Crippen LogP contribution in [0.1, 0.15) is 31.7 Å². The molecular formula is C11H16N2O2S. The molecule has 1 aromatic heterocycles. The fourth-order valence-corrected chi connectivity index (χ4v) is 2.22. The lowest BCUT2D eigenvalue weighted by molar-refractivity contribution is -0.139. The summed E-state index contributed by atoms with van der Waals surface area (Å²) in [5, 5.41) is 9.69. The smallest absolute Gasteiger partial charge is 0.319 e. The molecule has 0 bridgehead atoms. The molecule has 88 valence electrons. The molecule has 0 saturated carbocycles. The minimum absolute atomic E-state index is 0.531. The second kappa shape index (κ2) is 4.82. The van der Waals surface area contributed by atoms with Gasteiger partial charge in [0.05, 0.1) is 0 Å². The second-order valence-electron chi connectivity index (χ2n) is 3.92. The van der Waals surface area contributed by atoms with Crippen molar-refractivity contribution in [1.29, 1.82) is 0 Å². The van der Waals surface area contributed by atoms with E-state index >= 15 is 0 Å². The number of hydrogen-bond donors (Lipinski definition) is 1. The Bertz CT molecular complexity index is 389. The maximum absolute atomic E-state index is 11.2. The number of aryl methyl sites for hydroxylation is 2. The highest BCUT2D eigenvalue weighted by molar-refractivity contribution is 8.01. The summed E-state index contributed by atoms with van der Waals surface area (Å²) < 4.78 is -0.861. The highest BCUT2D eigenvalue weighted by Gasteiger charge is 2.33. The van der Waals surface area contributed by atoms with Gasteiger partial charge in [-0.25, -0.2) is 9.97 Å². The third-order valence-electron chi connectivity index (χ3n) is 2.41. The molecule has 0 saturated heterocycles. The van der Waals surface area contributed by atoms with Gasteiger partial charge in [0.1, 0.15) is 4.75 Å². The van der Waals surface area contributed by atoms with Gasteiger partial charge in [-0.05, 0) is 33.3 Å². The zero-order valence-corrected chi connectivity index (χ0v) is 10.8. The predicted molar refractivity (Wildman–Crippen MR) is 63.7 cm³/mol. The standard InChI is InChI=1S/C11H16N2O2S/c1-5-11(4,9(14)15)16-10-12-7(2)6-8(3)13-10/h6H,5H2,1-4H3,(H,14,15). The third-order valence-corrected chi connectivity index (χ3v) is 3.68. The lowest BCUT2D eigenvalue weighted by atomic mass is 10.1. The van der Waals surface area contributed by atoms with E-state index in [1.54, 1.807) is 6.92 Å². The van der Waals surface area contributed by atoms with Crippen molar-refractivity contribution in [2.45, 2.75) is 44.0 Å². The molecule has 5 heteroatoms. The Morgan fingerprint density at radius 2 is 1.94 bits per heavy atom. The molecule has 1 aromatic rings. The van der Waals surface area contributed by atoms with E-state index in [0.717, 1.165) is 11.4 Å². The number of nitrogens with zero attached hydrogens (tertiary/aromatic N) is 2. The van der Waals surface area contributed by atoms with Gasteiger partial charge in [0.2, 0.25) is 0 Å². The molecule has 0 radical (unpaired) electrons. The second-order valence-corrected chi connectivity index (χ2v) is 5.40. The van der Waals surface area contributed by atoms with E-state index in [-0.39, 0.29) is 0 Å². The van der Waals surface area contributed by atoms with Gasteiger partial charge in [-0.1, -0.05) is 18.7 Å². The van der Waals surface area contributed by atoms with Crippen LogP contribution < -0.4 is 0 Å². The van der Waals surface area contributed by atoms with Crippen LogP contribution in [0.25, 0.3) is 0 Å². The predicted octanol–water partition coefficient (Wildman–Crippen LogP) is 2.44. The lowest BCUT2D eigenvalue weighted by Gasteiger charge is -2.21. The van der Waals surface area contributed by atoms with Crippen LogP contribution in [0.2, 0.25) is 0 Å². The quantitative estimate of drug-likeness (QED) is 0.647. The van der Waals surface area contributed by atoms with Crippen molar-refractivity contribution in [3.8, 4) is 0 Å². The fraction of sp³-hybridized carbons (Fsp3) is 0.545. The minimum Gasteiger partial charge on any atom is -0.480 e. The molecule has 0 aliphatic rings. The van der Waals surface area contributed by atoms with Gasteiger partial charge in [0.25, 0.3) is 0 Å². The average molecular weight is 240 g/mol. The molecule has 4 nitrogen and oxygen atoms in total. The van der Waals surface area contributed by atoms with Gasteiger partial charge < -0.3 is 5.11 Å². The van der Waals surface area contributed by atoms with Crippen LogP contribution in [0.5, 0.6) is 0 Å². The number of aromatic nitrogens is 2. The van der Waals surface area contributed by atoms with E-state index in [2.05, 4.69) is 9.97 Å². The molecule has 0 aliphatic carbocycles. The van der Waals surface area contributed by atoms with Crippen LogP contribution in [0.4, 0.5) is 0 Å². The average Bonchev–Trinajstić information content (AvgIpc) is 2.15. The zero-order chi connectivity index (χ0) is 12.3. The zero-order valence-electron chi connectivity index (χ0n) is 9.94. The van der Waals surface area contributed by atoms with Crippen molar-refractivity contribution in [3.05, 3.63) is 17.5 Å². The monoisotopic (exact) mass is 240 g/mol. The van der Waals surface area contributed by atoms with E-state index < -0.39 is 10.7 Å². The first-order chi connectivity index (χ1) is 7.37. The molecule has 1 N–H and O–H groups in total. The first kappa shape index (κ1) is 13.0. The molecule has 0 amide bonds. The Balaban J connectivity index is 2.99. The number of hydrogen-bond acceptors (Lipinski definition) is 4. The molecule has 0 aromatic carbocycles. The highest BCUT2D eigenvalue weighted by Crippen LogP contribution is 2.33. The summed E-state index contributed by atoms with van der Waals surface area (Å²) in [6.45, 7) is 7.30. The molecule has 1 heterocycles. The molecule has 1 rings (SSSR count). The number of carbonyl (C=O) groups is 1. The maximum Gasteiger partial charge on any atom is 0.319 e. The molecule has 0 spiro atoms. The summed E-state index contributed by atoms with van der Waals surface area (Å²) in [5.74, 6) is -0.831. The van der Waals surface area contributed by atoms with Crippen LogP contribution in [-0.2, 0) is 4.79 Å². The summed E-state index contributed by atoms with van der Waals surface area (Å²) in [4.78, 5) is 19.6. The number of carboxylic acids is 1. The van der Waals surface area contributed by atoms with Crippen molar-refractivity contribution in [2.24, 2.45) is 0 Å². The third kappa shape index (κ3) is 2.95. The Morgan fingerprint density at radius 3 is 2.31 bits per heavy atom. The number of aliphatic carboxylic acids is 1. The summed E-state index contributed by atoms with van der Waals surface area (Å²) in [6.07, 6.45) is 0.531. The Labute approximate surface area is 99.5 Å². The molecule has 16 heavy (non-hydrogen) atoms. The number of thioether (sulfide) groups is 1. The van der Waals surface area contributed by atoms with E-state index in [9.17, 15) is 4.79 Å². The summed E-state index contributed by atoms with van der Waals surface area (Å²) in [5.41, 5.74) is 1.72. The fourth-order valence-electron chi connectivity index (χ4n) is 1.21. The molecule has 1 unspecified atom stereocenters. The van der Waals surface area contributed by atoms with Crippen molar-refractivity contribution in [1.82, 2.24) is 9.97 Å². The maximum atomic E-state index is 11.2. The SMILES string of the molecule is CCC(C)(Sc1nc(C)cc(C)n1)C(=O)O. The molecule has 0 aliphatic heterocycles. The van der Waals surface area contributed by atoms with E-state index in [1.807, 2.05) is 26.8 Å². The van der Waals surface area contributed by atoms with Crippen LogP contribution >= 0.6 is 11.8 Å². The first-order valence-electron chi connectivity index (χ1n) is 5.12. The Hall–Kier alpha value is -1.10.